The Balaban J connectivity index is 1.30. The molecule has 45 heavy (non-hydrogen) atoms. The molecule has 0 fully saturated rings. The van der Waals surface area contributed by atoms with Crippen LogP contribution in [0.2, 0.25) is 0 Å². The number of alkyl carbamates (subject to hydrolysis) is 1. The molecule has 0 aliphatic carbocycles. The van der Waals surface area contributed by atoms with Gasteiger partial charge in [-0.3, -0.25) is 14.6 Å². The largest absolute Gasteiger partial charge is 0.445 e. The molecule has 3 amide bonds. The highest BCUT2D eigenvalue weighted by Crippen LogP contribution is 2.24. The molecule has 12 nitrogen and oxygen atoms in total. The van der Waals surface area contributed by atoms with E-state index in [-0.39, 0.29) is 42.8 Å². The van der Waals surface area contributed by atoms with Gasteiger partial charge >= 0.3 is 11.7 Å². The predicted molar refractivity (Wildman–Crippen MR) is 171 cm³/mol. The number of pyridine rings is 1. The van der Waals surface area contributed by atoms with E-state index in [4.69, 9.17) is 9.15 Å². The summed E-state index contributed by atoms with van der Waals surface area (Å²) in [7, 11) is 1.70. The number of rotatable bonds is 13. The monoisotopic (exact) mass is 614 g/mol. The number of nitrogens with one attached hydrogen (secondary N) is 3. The van der Waals surface area contributed by atoms with Crippen LogP contribution in [0.25, 0.3) is 10.9 Å². The molecule has 2 aromatic carbocycles. The van der Waals surface area contributed by atoms with Crippen LogP contribution in [0.15, 0.2) is 76.1 Å². The molecule has 0 saturated heterocycles. The van der Waals surface area contributed by atoms with Gasteiger partial charge in [-0.2, -0.15) is 4.98 Å². The third kappa shape index (κ3) is 9.12. The molecule has 0 aliphatic rings. The number of nitrogens with zero attached hydrogens (tertiary/aromatic N) is 3. The number of anilines is 2. The van der Waals surface area contributed by atoms with Gasteiger partial charge in [0.05, 0.1) is 10.9 Å². The third-order valence-corrected chi connectivity index (χ3v) is 7.13. The molecule has 0 atom stereocenters. The Morgan fingerprint density at radius 3 is 2.51 bits per heavy atom. The van der Waals surface area contributed by atoms with Crippen molar-refractivity contribution < 1.29 is 23.5 Å². The van der Waals surface area contributed by atoms with Crippen molar-refractivity contribution in [2.24, 2.45) is 0 Å². The van der Waals surface area contributed by atoms with Crippen molar-refractivity contribution in [3.8, 4) is 0 Å². The van der Waals surface area contributed by atoms with Crippen LogP contribution in [-0.4, -0.2) is 58.5 Å². The minimum absolute atomic E-state index is 0.0880. The predicted octanol–water partition coefficient (Wildman–Crippen LogP) is 4.43. The average molecular weight is 615 g/mol. The molecular formula is C33H38N6O6. The van der Waals surface area contributed by atoms with Crippen LogP contribution in [0.4, 0.5) is 16.5 Å². The van der Waals surface area contributed by atoms with Crippen LogP contribution < -0.4 is 21.6 Å². The summed E-state index contributed by atoms with van der Waals surface area (Å²) < 4.78 is 10.6. The number of carbonyl (C=O) groups is 3. The summed E-state index contributed by atoms with van der Waals surface area (Å²) in [6, 6.07) is 18.2. The topological polar surface area (TPSA) is 156 Å². The number of carbonyl (C=O) groups excluding carboxylic acids is 3. The summed E-state index contributed by atoms with van der Waals surface area (Å²) >= 11 is 0. The van der Waals surface area contributed by atoms with Crippen molar-refractivity contribution in [3.05, 3.63) is 94.1 Å². The van der Waals surface area contributed by atoms with Crippen molar-refractivity contribution >= 4 is 40.5 Å². The second-order valence-electron chi connectivity index (χ2n) is 11.1. The second kappa shape index (κ2) is 15.0. The van der Waals surface area contributed by atoms with E-state index in [0.29, 0.717) is 36.2 Å². The zero-order valence-electron chi connectivity index (χ0n) is 25.9. The van der Waals surface area contributed by atoms with E-state index in [1.54, 1.807) is 51.0 Å². The second-order valence-corrected chi connectivity index (χ2v) is 11.1. The number of aryl methyl sites for hydroxylation is 1. The highest BCUT2D eigenvalue weighted by atomic mass is 16.5. The van der Waals surface area contributed by atoms with E-state index < -0.39 is 17.3 Å². The van der Waals surface area contributed by atoms with Gasteiger partial charge in [-0.25, -0.2) is 9.59 Å². The van der Waals surface area contributed by atoms with Crippen LogP contribution in [0, 0.1) is 6.92 Å². The third-order valence-electron chi connectivity index (χ3n) is 7.13. The Hall–Kier alpha value is -5.26. The molecule has 0 saturated carbocycles. The first-order valence-corrected chi connectivity index (χ1v) is 14.7. The van der Waals surface area contributed by atoms with Crippen LogP contribution in [0.1, 0.15) is 43.5 Å². The van der Waals surface area contributed by atoms with Gasteiger partial charge in [-0.1, -0.05) is 36.4 Å². The molecule has 0 radical (unpaired) electrons. The van der Waals surface area contributed by atoms with Crippen molar-refractivity contribution in [3.63, 3.8) is 0 Å². The van der Waals surface area contributed by atoms with Gasteiger partial charge in [0, 0.05) is 50.6 Å². The van der Waals surface area contributed by atoms with Gasteiger partial charge in [0.1, 0.15) is 12.1 Å². The smallest absolute Gasteiger partial charge is 0.407 e. The molecule has 2 heterocycles. The average Bonchev–Trinajstić information content (AvgIpc) is 3.02. The lowest BCUT2D eigenvalue weighted by Crippen LogP contribution is -2.49. The number of aromatic nitrogens is 2. The van der Waals surface area contributed by atoms with Crippen LogP contribution in [0.3, 0.4) is 0 Å². The lowest BCUT2D eigenvalue weighted by Gasteiger charge is -2.30. The normalized spacial score (nSPS) is 11.1. The number of hydrogen-bond donors (Lipinski definition) is 3. The molecular weight excluding hydrogens is 576 g/mol. The summed E-state index contributed by atoms with van der Waals surface area (Å²) in [5.41, 5.74) is 1.29. The van der Waals surface area contributed by atoms with Crippen molar-refractivity contribution in [1.29, 1.82) is 0 Å². The Bertz CT molecular complexity index is 1690. The van der Waals surface area contributed by atoms with Gasteiger partial charge in [-0.05, 0) is 62.6 Å². The number of fused-ring (bicyclic) bond motifs is 1. The van der Waals surface area contributed by atoms with Gasteiger partial charge in [0.2, 0.25) is 11.8 Å². The van der Waals surface area contributed by atoms with Gasteiger partial charge in [0.15, 0.2) is 0 Å². The zero-order valence-corrected chi connectivity index (χ0v) is 25.9. The summed E-state index contributed by atoms with van der Waals surface area (Å²) in [4.78, 5) is 61.0. The standard InChI is InChI=1S/C33H38N6O6/c1-22-25(36-27(40)14-10-19-35-32(43)44-21-23-11-6-5-7-12-23)15-16-26-28(22)29(41)45-31(37-26)38-33(2,3)30(42)39(4)20-17-24-13-8-9-18-34-24/h5-9,11-13,15-16,18H,10,14,17,19-21H2,1-4H3,(H,35,43)(H,36,40)(H,37,38). The minimum atomic E-state index is -1.12. The molecule has 0 bridgehead atoms. The molecule has 0 spiro atoms. The van der Waals surface area contributed by atoms with E-state index in [1.807, 2.05) is 48.5 Å². The quantitative estimate of drug-likeness (QED) is 0.186. The van der Waals surface area contributed by atoms with Gasteiger partial charge in [-0.15, -0.1) is 0 Å². The lowest BCUT2D eigenvalue weighted by atomic mass is 10.0. The summed E-state index contributed by atoms with van der Waals surface area (Å²) in [6.45, 7) is 5.95. The maximum absolute atomic E-state index is 13.2. The highest BCUT2D eigenvalue weighted by Gasteiger charge is 2.32. The molecule has 0 unspecified atom stereocenters. The zero-order chi connectivity index (χ0) is 32.4. The van der Waals surface area contributed by atoms with E-state index in [1.165, 1.54) is 0 Å². The fraction of sp³-hybridized carbons (Fsp3) is 0.333. The first-order chi connectivity index (χ1) is 21.5. The van der Waals surface area contributed by atoms with Crippen molar-refractivity contribution in [1.82, 2.24) is 20.2 Å². The number of likely N-dealkylation sites (N-methyl/N-ethyl adjacent to an activating group) is 1. The number of amides is 3. The Morgan fingerprint density at radius 1 is 1.02 bits per heavy atom. The number of benzene rings is 2. The van der Waals surface area contributed by atoms with E-state index >= 15 is 0 Å². The van der Waals surface area contributed by atoms with Crippen LogP contribution >= 0.6 is 0 Å². The van der Waals surface area contributed by atoms with Crippen molar-refractivity contribution in [2.45, 2.75) is 52.2 Å². The summed E-state index contributed by atoms with van der Waals surface area (Å²) in [5.74, 6) is -0.489. The molecule has 236 valence electrons. The SMILES string of the molecule is Cc1c(NC(=O)CCCNC(=O)OCc2ccccc2)ccc2nc(NC(C)(C)C(=O)N(C)CCc3ccccn3)oc(=O)c12. The lowest BCUT2D eigenvalue weighted by molar-refractivity contribution is -0.133. The van der Waals surface area contributed by atoms with E-state index in [0.717, 1.165) is 11.3 Å². The molecule has 12 heteroatoms. The highest BCUT2D eigenvalue weighted by molar-refractivity contribution is 5.96. The molecule has 4 aromatic rings. The first kappa shape index (κ1) is 32.6. The summed E-state index contributed by atoms with van der Waals surface area (Å²) in [6.07, 6.45) is 2.29. The van der Waals surface area contributed by atoms with E-state index in [2.05, 4.69) is 25.9 Å². The Morgan fingerprint density at radius 2 is 1.78 bits per heavy atom. The molecule has 0 aliphatic heterocycles. The molecule has 2 aromatic heterocycles. The number of ether oxygens (including phenoxy) is 1. The van der Waals surface area contributed by atoms with Crippen molar-refractivity contribution in [2.75, 3.05) is 30.8 Å². The molecule has 3 N–H and O–H groups in total. The number of hydrogen-bond acceptors (Lipinski definition) is 9. The maximum Gasteiger partial charge on any atom is 0.407 e. The minimum Gasteiger partial charge on any atom is -0.445 e. The summed E-state index contributed by atoms with van der Waals surface area (Å²) in [5, 5.41) is 8.61. The van der Waals surface area contributed by atoms with Crippen LogP contribution in [0.5, 0.6) is 0 Å². The fourth-order valence-electron chi connectivity index (χ4n) is 4.66. The van der Waals surface area contributed by atoms with Gasteiger partial charge in [0.25, 0.3) is 6.01 Å². The fourth-order valence-corrected chi connectivity index (χ4v) is 4.66. The van der Waals surface area contributed by atoms with E-state index in [9.17, 15) is 19.2 Å². The molecule has 4 rings (SSSR count). The Kier molecular flexibility index (Phi) is 10.9. The van der Waals surface area contributed by atoms with Crippen LogP contribution in [-0.2, 0) is 27.4 Å². The van der Waals surface area contributed by atoms with Gasteiger partial charge < -0.3 is 30.0 Å². The maximum atomic E-state index is 13.2. The first-order valence-electron chi connectivity index (χ1n) is 14.7. The Labute approximate surface area is 261 Å².